The van der Waals surface area contributed by atoms with Crippen LogP contribution in [-0.4, -0.2) is 49.0 Å². The highest BCUT2D eigenvalue weighted by Crippen LogP contribution is 2.71. The van der Waals surface area contributed by atoms with Crippen molar-refractivity contribution in [1.29, 1.82) is 0 Å². The molecule has 4 nitrogen and oxygen atoms in total. The van der Waals surface area contributed by atoms with Crippen LogP contribution >= 0.6 is 0 Å². The second-order valence-corrected chi connectivity index (χ2v) is 9.13. The van der Waals surface area contributed by atoms with Crippen LogP contribution in [0.2, 0.25) is 0 Å². The average molecular weight is 339 g/mol. The van der Waals surface area contributed by atoms with Crippen LogP contribution in [0.4, 0.5) is 0 Å². The van der Waals surface area contributed by atoms with Crippen LogP contribution in [0.5, 0.6) is 11.5 Å². The minimum atomic E-state index is -0.0138. The fraction of sp³-hybridized carbons (Fsp3) is 0.714. The molecule has 25 heavy (non-hydrogen) atoms. The summed E-state index contributed by atoms with van der Waals surface area (Å²) in [7, 11) is 1.76. The Hall–Kier alpha value is -1.26. The maximum atomic E-state index is 6.83. The standard InChI is InChI=1S/C21H25NO3/c1-23-14-5-4-13-10-16-21-7-6-15(25-21)19-20(21,17(13)18(14)24-19)8-9-22(16)11-12-2-3-12/h4-5,12,15-16,19H,2-3,6-11H2,1H3/t15-,16-,19+,20+,21-/m0/s1. The molecule has 4 aliphatic heterocycles. The van der Waals surface area contributed by atoms with Gasteiger partial charge in [-0.05, 0) is 62.6 Å². The number of nitrogens with zero attached hydrogens (tertiary/aromatic N) is 1. The molecule has 4 fully saturated rings. The summed E-state index contributed by atoms with van der Waals surface area (Å²) in [4.78, 5) is 2.79. The summed E-state index contributed by atoms with van der Waals surface area (Å²) >= 11 is 0. The molecule has 1 saturated carbocycles. The van der Waals surface area contributed by atoms with Gasteiger partial charge in [0.25, 0.3) is 0 Å². The molecule has 0 radical (unpaired) electrons. The van der Waals surface area contributed by atoms with Gasteiger partial charge in [-0.25, -0.2) is 0 Å². The summed E-state index contributed by atoms with van der Waals surface area (Å²) in [5.74, 6) is 2.89. The second-order valence-electron chi connectivity index (χ2n) is 9.13. The number of hydrogen-bond donors (Lipinski definition) is 0. The highest BCUT2D eigenvalue weighted by molar-refractivity contribution is 5.64. The third-order valence-electron chi connectivity index (χ3n) is 8.23. The van der Waals surface area contributed by atoms with Crippen molar-refractivity contribution in [2.24, 2.45) is 5.92 Å². The predicted molar refractivity (Wildman–Crippen MR) is 92.3 cm³/mol. The SMILES string of the molecule is COc1ccc2c3c1O[C@@H]1[C@@H]4CC[C@]5(O4)[C@H](C2)N(CC2CC2)CC[C@@]315. The minimum Gasteiger partial charge on any atom is -0.493 e. The maximum Gasteiger partial charge on any atom is 0.166 e. The Labute approximate surface area is 148 Å². The van der Waals surface area contributed by atoms with Gasteiger partial charge in [-0.15, -0.1) is 0 Å². The van der Waals surface area contributed by atoms with E-state index in [1.165, 1.54) is 49.9 Å². The first-order chi connectivity index (χ1) is 12.3. The van der Waals surface area contributed by atoms with E-state index >= 15 is 0 Å². The Morgan fingerprint density at radius 3 is 3.00 bits per heavy atom. The molecule has 5 atom stereocenters. The lowest BCUT2D eigenvalue weighted by molar-refractivity contribution is -0.122. The first kappa shape index (κ1) is 13.9. The Bertz CT molecular complexity index is 790. The van der Waals surface area contributed by atoms with E-state index < -0.39 is 0 Å². The molecule has 2 spiro atoms. The van der Waals surface area contributed by atoms with Gasteiger partial charge in [0.15, 0.2) is 11.5 Å². The summed E-state index contributed by atoms with van der Waals surface area (Å²) in [6, 6.07) is 4.96. The van der Waals surface area contributed by atoms with Crippen molar-refractivity contribution >= 4 is 0 Å². The molecule has 0 amide bonds. The van der Waals surface area contributed by atoms with E-state index in [0.717, 1.165) is 30.3 Å². The number of rotatable bonds is 3. The van der Waals surface area contributed by atoms with Crippen LogP contribution in [0.3, 0.4) is 0 Å². The van der Waals surface area contributed by atoms with Crippen LogP contribution in [0.1, 0.15) is 43.2 Å². The summed E-state index contributed by atoms with van der Waals surface area (Å²) < 4.78 is 19.1. The molecule has 2 aliphatic carbocycles. The highest BCUT2D eigenvalue weighted by Gasteiger charge is 2.79. The van der Waals surface area contributed by atoms with Gasteiger partial charge in [0.2, 0.25) is 0 Å². The fourth-order valence-electron chi connectivity index (χ4n) is 7.19. The van der Waals surface area contributed by atoms with Gasteiger partial charge in [0.05, 0.1) is 24.2 Å². The molecule has 3 saturated heterocycles. The van der Waals surface area contributed by atoms with Crippen molar-refractivity contribution in [3.63, 3.8) is 0 Å². The zero-order chi connectivity index (χ0) is 16.4. The van der Waals surface area contributed by atoms with Crippen LogP contribution in [0.15, 0.2) is 12.1 Å². The third-order valence-corrected chi connectivity index (χ3v) is 8.23. The predicted octanol–water partition coefficient (Wildman–Crippen LogP) is 2.67. The second kappa shape index (κ2) is 4.17. The average Bonchev–Trinajstić information content (AvgIpc) is 3.11. The number of hydrogen-bond acceptors (Lipinski definition) is 4. The van der Waals surface area contributed by atoms with E-state index in [-0.39, 0.29) is 23.2 Å². The van der Waals surface area contributed by atoms with Crippen LogP contribution in [0.25, 0.3) is 0 Å². The van der Waals surface area contributed by atoms with Crippen LogP contribution in [0, 0.1) is 5.92 Å². The summed E-state index contributed by atoms with van der Waals surface area (Å²) in [6.45, 7) is 2.48. The zero-order valence-corrected chi connectivity index (χ0v) is 14.8. The van der Waals surface area contributed by atoms with Crippen molar-refractivity contribution in [2.45, 2.75) is 67.8 Å². The molecular formula is C21H25NO3. The fourth-order valence-corrected chi connectivity index (χ4v) is 7.19. The minimum absolute atomic E-state index is 0.0138. The molecule has 4 bridgehead atoms. The van der Waals surface area contributed by atoms with Crippen LogP contribution in [-0.2, 0) is 16.6 Å². The van der Waals surface area contributed by atoms with Crippen molar-refractivity contribution in [3.8, 4) is 11.5 Å². The van der Waals surface area contributed by atoms with E-state index in [9.17, 15) is 0 Å². The Morgan fingerprint density at radius 2 is 2.16 bits per heavy atom. The lowest BCUT2D eigenvalue weighted by Crippen LogP contribution is -2.71. The molecule has 1 aromatic rings. The highest BCUT2D eigenvalue weighted by atomic mass is 16.6. The Balaban J connectivity index is 1.46. The van der Waals surface area contributed by atoms with E-state index in [0.29, 0.717) is 6.04 Å². The van der Waals surface area contributed by atoms with E-state index in [1.807, 2.05) is 0 Å². The number of likely N-dealkylation sites (tertiary alicyclic amines) is 1. The zero-order valence-electron chi connectivity index (χ0n) is 14.8. The van der Waals surface area contributed by atoms with E-state index in [4.69, 9.17) is 14.2 Å². The van der Waals surface area contributed by atoms with Crippen molar-refractivity contribution < 1.29 is 14.2 Å². The number of ether oxygens (including phenoxy) is 3. The first-order valence-corrected chi connectivity index (χ1v) is 10.1. The number of piperidine rings is 1. The van der Waals surface area contributed by atoms with Crippen molar-refractivity contribution in [2.75, 3.05) is 20.2 Å². The van der Waals surface area contributed by atoms with Crippen molar-refractivity contribution in [1.82, 2.24) is 4.90 Å². The van der Waals surface area contributed by atoms with E-state index in [2.05, 4.69) is 17.0 Å². The van der Waals surface area contributed by atoms with E-state index in [1.54, 1.807) is 7.11 Å². The van der Waals surface area contributed by atoms with Gasteiger partial charge < -0.3 is 14.2 Å². The van der Waals surface area contributed by atoms with Gasteiger partial charge in [-0.1, -0.05) is 6.07 Å². The molecule has 6 aliphatic rings. The molecular weight excluding hydrogens is 314 g/mol. The maximum absolute atomic E-state index is 6.83. The van der Waals surface area contributed by atoms with Gasteiger partial charge in [0, 0.05) is 18.2 Å². The lowest BCUT2D eigenvalue weighted by atomic mass is 9.51. The quantitative estimate of drug-likeness (QED) is 0.847. The van der Waals surface area contributed by atoms with Gasteiger partial charge in [-0.3, -0.25) is 4.90 Å². The summed E-state index contributed by atoms with van der Waals surface area (Å²) in [5.41, 5.74) is 3.02. The summed E-state index contributed by atoms with van der Waals surface area (Å²) in [5, 5.41) is 0. The molecule has 0 aromatic heterocycles. The Kier molecular flexibility index (Phi) is 2.32. The molecule has 4 heteroatoms. The molecule has 0 N–H and O–H groups in total. The van der Waals surface area contributed by atoms with Gasteiger partial charge >= 0.3 is 0 Å². The van der Waals surface area contributed by atoms with Crippen molar-refractivity contribution in [3.05, 3.63) is 23.3 Å². The molecule has 132 valence electrons. The van der Waals surface area contributed by atoms with Gasteiger partial charge in [-0.2, -0.15) is 0 Å². The molecule has 7 rings (SSSR count). The molecule has 0 unspecified atom stereocenters. The normalized spacial score (nSPS) is 45.4. The van der Waals surface area contributed by atoms with Crippen LogP contribution < -0.4 is 9.47 Å². The van der Waals surface area contributed by atoms with Gasteiger partial charge in [0.1, 0.15) is 6.10 Å². The number of methoxy groups -OCH3 is 1. The lowest BCUT2D eigenvalue weighted by Gasteiger charge is -2.59. The third kappa shape index (κ3) is 1.36. The monoisotopic (exact) mass is 339 g/mol. The molecule has 1 aromatic carbocycles. The first-order valence-electron chi connectivity index (χ1n) is 10.1. The Morgan fingerprint density at radius 1 is 1.24 bits per heavy atom. The molecule has 4 heterocycles. The smallest absolute Gasteiger partial charge is 0.166 e. The topological polar surface area (TPSA) is 30.9 Å². The number of benzene rings is 1. The number of fused-ring (bicyclic) bond motifs is 2. The summed E-state index contributed by atoms with van der Waals surface area (Å²) in [6.07, 6.45) is 7.99. The largest absolute Gasteiger partial charge is 0.493 e.